The number of hydrogen-bond acceptors (Lipinski definition) is 4. The van der Waals surface area contributed by atoms with Gasteiger partial charge in [0.1, 0.15) is 11.6 Å². The minimum absolute atomic E-state index is 0.0426. The van der Waals surface area contributed by atoms with Gasteiger partial charge in [-0.3, -0.25) is 9.59 Å². The first-order chi connectivity index (χ1) is 15.3. The Labute approximate surface area is 188 Å². The maximum atomic E-state index is 13.9. The van der Waals surface area contributed by atoms with Crippen LogP contribution in [0.25, 0.3) is 0 Å². The molecule has 7 heteroatoms. The quantitative estimate of drug-likeness (QED) is 0.734. The first-order valence-electron chi connectivity index (χ1n) is 11.4. The number of likely N-dealkylation sites (tertiary alicyclic amines) is 2. The van der Waals surface area contributed by atoms with Crippen molar-refractivity contribution in [2.75, 3.05) is 26.2 Å². The first kappa shape index (κ1) is 22.4. The third kappa shape index (κ3) is 4.66. The van der Waals surface area contributed by atoms with Crippen molar-refractivity contribution >= 4 is 11.8 Å². The molecule has 0 unspecified atom stereocenters. The Kier molecular flexibility index (Phi) is 6.26. The van der Waals surface area contributed by atoms with Crippen LogP contribution in [0, 0.1) is 25.1 Å². The summed E-state index contributed by atoms with van der Waals surface area (Å²) in [5.41, 5.74) is 2.26. The van der Waals surface area contributed by atoms with Crippen molar-refractivity contribution in [3.8, 4) is 0 Å². The number of carbonyl (C=O) groups is 2. The van der Waals surface area contributed by atoms with Gasteiger partial charge in [-0.2, -0.15) is 0 Å². The minimum Gasteiger partial charge on any atom is -0.343 e. The molecule has 1 atom stereocenters. The lowest BCUT2D eigenvalue weighted by atomic mass is 9.72. The van der Waals surface area contributed by atoms with E-state index in [4.69, 9.17) is 0 Å². The Morgan fingerprint density at radius 1 is 1.03 bits per heavy atom. The van der Waals surface area contributed by atoms with Crippen LogP contribution in [0.3, 0.4) is 0 Å². The molecule has 1 aromatic carbocycles. The van der Waals surface area contributed by atoms with E-state index < -0.39 is 5.41 Å². The SMILES string of the molecule is CC(=O)N1CCC(Cc2ccc(F)cc2)(C(=O)N2CC[C@@H](c3nc(C)cc(C)n3)C2)CC1. The van der Waals surface area contributed by atoms with Crippen LogP contribution in [0.15, 0.2) is 30.3 Å². The summed E-state index contributed by atoms with van der Waals surface area (Å²) in [6, 6.07) is 8.38. The first-order valence-corrected chi connectivity index (χ1v) is 11.4. The molecule has 0 N–H and O–H groups in total. The molecule has 3 heterocycles. The van der Waals surface area contributed by atoms with E-state index in [1.807, 2.05) is 29.7 Å². The zero-order valence-corrected chi connectivity index (χ0v) is 19.1. The zero-order chi connectivity index (χ0) is 22.9. The third-order valence-electron chi connectivity index (χ3n) is 6.92. The van der Waals surface area contributed by atoms with E-state index >= 15 is 0 Å². The molecule has 170 valence electrons. The van der Waals surface area contributed by atoms with Crippen molar-refractivity contribution < 1.29 is 14.0 Å². The predicted octanol–water partition coefficient (Wildman–Crippen LogP) is 3.42. The molecule has 0 radical (unpaired) electrons. The van der Waals surface area contributed by atoms with Gasteiger partial charge in [-0.15, -0.1) is 0 Å². The summed E-state index contributed by atoms with van der Waals surface area (Å²) in [4.78, 5) is 38.8. The number of halogens is 1. The maximum Gasteiger partial charge on any atom is 0.229 e. The van der Waals surface area contributed by atoms with Crippen LogP contribution in [-0.2, 0) is 16.0 Å². The van der Waals surface area contributed by atoms with Gasteiger partial charge in [0.25, 0.3) is 0 Å². The molecule has 2 amide bonds. The predicted molar refractivity (Wildman–Crippen MR) is 119 cm³/mol. The van der Waals surface area contributed by atoms with Crippen molar-refractivity contribution in [3.63, 3.8) is 0 Å². The molecule has 1 aromatic heterocycles. The smallest absolute Gasteiger partial charge is 0.229 e. The van der Waals surface area contributed by atoms with Gasteiger partial charge in [-0.1, -0.05) is 12.1 Å². The lowest BCUT2D eigenvalue weighted by Crippen LogP contribution is -2.51. The highest BCUT2D eigenvalue weighted by Crippen LogP contribution is 2.39. The van der Waals surface area contributed by atoms with E-state index in [9.17, 15) is 14.0 Å². The fourth-order valence-electron chi connectivity index (χ4n) is 5.14. The lowest BCUT2D eigenvalue weighted by molar-refractivity contribution is -0.147. The number of aryl methyl sites for hydroxylation is 2. The van der Waals surface area contributed by atoms with Crippen LogP contribution in [0.5, 0.6) is 0 Å². The van der Waals surface area contributed by atoms with Gasteiger partial charge < -0.3 is 9.80 Å². The van der Waals surface area contributed by atoms with E-state index in [0.717, 1.165) is 29.2 Å². The van der Waals surface area contributed by atoms with Crippen LogP contribution < -0.4 is 0 Å². The van der Waals surface area contributed by atoms with Gasteiger partial charge in [0.05, 0.1) is 5.41 Å². The van der Waals surface area contributed by atoms with Crippen molar-refractivity contribution in [2.45, 2.75) is 52.4 Å². The van der Waals surface area contributed by atoms with Gasteiger partial charge in [0.2, 0.25) is 11.8 Å². The molecule has 0 spiro atoms. The number of rotatable bonds is 4. The number of hydrogen-bond donors (Lipinski definition) is 0. The standard InChI is InChI=1S/C25H31FN4O2/c1-17-14-18(2)28-23(27-17)21-8-11-30(16-21)24(32)25(9-12-29(13-10-25)19(3)31)15-20-4-6-22(26)7-5-20/h4-7,14,21H,8-13,15-16H2,1-3H3/t21-/m1/s1. The summed E-state index contributed by atoms with van der Waals surface area (Å²) in [6.45, 7) is 7.95. The Morgan fingerprint density at radius 3 is 2.25 bits per heavy atom. The summed E-state index contributed by atoms with van der Waals surface area (Å²) in [5, 5.41) is 0. The van der Waals surface area contributed by atoms with Gasteiger partial charge >= 0.3 is 0 Å². The zero-order valence-electron chi connectivity index (χ0n) is 19.1. The van der Waals surface area contributed by atoms with Crippen molar-refractivity contribution in [1.82, 2.24) is 19.8 Å². The van der Waals surface area contributed by atoms with E-state index in [0.29, 0.717) is 45.4 Å². The molecule has 0 saturated carbocycles. The molecule has 2 saturated heterocycles. The Balaban J connectivity index is 1.55. The highest BCUT2D eigenvalue weighted by Gasteiger charge is 2.45. The molecular formula is C25H31FN4O2. The summed E-state index contributed by atoms with van der Waals surface area (Å²) < 4.78 is 13.4. The molecule has 2 aromatic rings. The number of amides is 2. The molecular weight excluding hydrogens is 407 g/mol. The van der Waals surface area contributed by atoms with Gasteiger partial charge in [0.15, 0.2) is 0 Å². The largest absolute Gasteiger partial charge is 0.343 e. The number of piperidine rings is 1. The maximum absolute atomic E-state index is 13.9. The van der Waals surface area contributed by atoms with E-state index in [-0.39, 0.29) is 23.5 Å². The van der Waals surface area contributed by atoms with Crippen LogP contribution >= 0.6 is 0 Å². The highest BCUT2D eigenvalue weighted by molar-refractivity contribution is 5.84. The van der Waals surface area contributed by atoms with Gasteiger partial charge in [-0.25, -0.2) is 14.4 Å². The van der Waals surface area contributed by atoms with Crippen molar-refractivity contribution in [1.29, 1.82) is 0 Å². The van der Waals surface area contributed by atoms with E-state index in [2.05, 4.69) is 9.97 Å². The van der Waals surface area contributed by atoms with Gasteiger partial charge in [-0.05, 0) is 63.3 Å². The monoisotopic (exact) mass is 438 g/mol. The lowest BCUT2D eigenvalue weighted by Gasteiger charge is -2.42. The second-order valence-corrected chi connectivity index (χ2v) is 9.34. The van der Waals surface area contributed by atoms with Crippen LogP contribution in [0.1, 0.15) is 54.9 Å². The number of benzene rings is 1. The van der Waals surface area contributed by atoms with E-state index in [1.165, 1.54) is 12.1 Å². The average Bonchev–Trinajstić information content (AvgIpc) is 3.25. The molecule has 4 rings (SSSR count). The topological polar surface area (TPSA) is 66.4 Å². The van der Waals surface area contributed by atoms with Crippen LogP contribution in [0.2, 0.25) is 0 Å². The van der Waals surface area contributed by atoms with Crippen molar-refractivity contribution in [3.05, 3.63) is 58.9 Å². The summed E-state index contributed by atoms with van der Waals surface area (Å²) in [5.74, 6) is 0.851. The van der Waals surface area contributed by atoms with Crippen LogP contribution in [-0.4, -0.2) is 57.8 Å². The highest BCUT2D eigenvalue weighted by atomic mass is 19.1. The van der Waals surface area contributed by atoms with Gasteiger partial charge in [0, 0.05) is 50.4 Å². The van der Waals surface area contributed by atoms with Crippen molar-refractivity contribution in [2.24, 2.45) is 5.41 Å². The normalized spacial score (nSPS) is 20.4. The fourth-order valence-corrected chi connectivity index (χ4v) is 5.14. The molecule has 32 heavy (non-hydrogen) atoms. The Bertz CT molecular complexity index is 979. The van der Waals surface area contributed by atoms with Crippen LogP contribution in [0.4, 0.5) is 4.39 Å². The Morgan fingerprint density at radius 2 is 1.66 bits per heavy atom. The molecule has 0 bridgehead atoms. The average molecular weight is 439 g/mol. The summed E-state index contributed by atoms with van der Waals surface area (Å²) in [7, 11) is 0. The number of aromatic nitrogens is 2. The second kappa shape index (κ2) is 8.96. The van der Waals surface area contributed by atoms with E-state index in [1.54, 1.807) is 19.1 Å². The number of nitrogens with zero attached hydrogens (tertiary/aromatic N) is 4. The second-order valence-electron chi connectivity index (χ2n) is 9.34. The number of carbonyl (C=O) groups excluding carboxylic acids is 2. The summed E-state index contributed by atoms with van der Waals surface area (Å²) in [6.07, 6.45) is 2.63. The molecule has 2 fully saturated rings. The minimum atomic E-state index is -0.581. The fraction of sp³-hybridized carbons (Fsp3) is 0.520. The molecule has 0 aliphatic carbocycles. The molecule has 6 nitrogen and oxygen atoms in total. The third-order valence-corrected chi connectivity index (χ3v) is 6.92. The molecule has 2 aliphatic rings. The Hall–Kier alpha value is -2.83. The summed E-state index contributed by atoms with van der Waals surface area (Å²) >= 11 is 0. The molecule has 2 aliphatic heterocycles.